The third kappa shape index (κ3) is 1.21. The van der Waals surface area contributed by atoms with Crippen molar-refractivity contribution in [1.82, 2.24) is 10.2 Å². The number of aromatic nitrogens is 2. The lowest BCUT2D eigenvalue weighted by atomic mass is 10.2. The minimum absolute atomic E-state index is 0.769. The first-order valence-electron chi connectivity index (χ1n) is 3.48. The third-order valence-corrected chi connectivity index (χ3v) is 3.02. The quantitative estimate of drug-likeness (QED) is 0.743. The van der Waals surface area contributed by atoms with E-state index in [1.54, 1.807) is 0 Å². The SMILES string of the molecule is Cc1cc2c(I)[nH]nc2cc1Cl. The summed E-state index contributed by atoms with van der Waals surface area (Å²) in [6.07, 6.45) is 0. The molecule has 0 amide bonds. The van der Waals surface area contributed by atoms with Crippen molar-refractivity contribution in [1.29, 1.82) is 0 Å². The number of aromatic amines is 1. The predicted octanol–water partition coefficient (Wildman–Crippen LogP) is 3.13. The summed E-state index contributed by atoms with van der Waals surface area (Å²) in [5.74, 6) is 0. The van der Waals surface area contributed by atoms with Crippen LogP contribution in [0.2, 0.25) is 5.02 Å². The summed E-state index contributed by atoms with van der Waals surface area (Å²) in [6, 6.07) is 3.92. The Hall–Kier alpha value is -0.290. The molecule has 12 heavy (non-hydrogen) atoms. The van der Waals surface area contributed by atoms with Crippen molar-refractivity contribution < 1.29 is 0 Å². The van der Waals surface area contributed by atoms with Crippen LogP contribution in [-0.2, 0) is 0 Å². The van der Waals surface area contributed by atoms with Crippen LogP contribution in [0.25, 0.3) is 10.9 Å². The molecular formula is C8H6ClIN2. The summed E-state index contributed by atoms with van der Waals surface area (Å²) in [7, 11) is 0. The van der Waals surface area contributed by atoms with E-state index in [-0.39, 0.29) is 0 Å². The molecular weight excluding hydrogens is 286 g/mol. The van der Waals surface area contributed by atoms with E-state index in [1.165, 1.54) is 0 Å². The lowest BCUT2D eigenvalue weighted by molar-refractivity contribution is 1.09. The summed E-state index contributed by atoms with van der Waals surface area (Å²) >= 11 is 8.16. The molecule has 0 saturated carbocycles. The van der Waals surface area contributed by atoms with E-state index in [0.29, 0.717) is 0 Å². The Morgan fingerprint density at radius 1 is 1.50 bits per heavy atom. The number of halogens is 2. The molecule has 2 aromatic rings. The third-order valence-electron chi connectivity index (χ3n) is 1.79. The summed E-state index contributed by atoms with van der Waals surface area (Å²) in [5, 5.41) is 8.92. The Bertz CT molecular complexity index is 436. The van der Waals surface area contributed by atoms with E-state index in [9.17, 15) is 0 Å². The Labute approximate surface area is 88.4 Å². The summed E-state index contributed by atoms with van der Waals surface area (Å²) < 4.78 is 1.06. The van der Waals surface area contributed by atoms with Gasteiger partial charge in [-0.1, -0.05) is 11.6 Å². The smallest absolute Gasteiger partial charge is 0.104 e. The number of hydrogen-bond acceptors (Lipinski definition) is 1. The summed E-state index contributed by atoms with van der Waals surface area (Å²) in [6.45, 7) is 1.99. The molecule has 0 fully saturated rings. The van der Waals surface area contributed by atoms with Gasteiger partial charge in [0, 0.05) is 10.4 Å². The van der Waals surface area contributed by atoms with E-state index >= 15 is 0 Å². The molecule has 2 rings (SSSR count). The maximum Gasteiger partial charge on any atom is 0.104 e. The highest BCUT2D eigenvalue weighted by molar-refractivity contribution is 14.1. The van der Waals surface area contributed by atoms with Gasteiger partial charge in [0.2, 0.25) is 0 Å². The fraction of sp³-hybridized carbons (Fsp3) is 0.125. The maximum atomic E-state index is 5.94. The van der Waals surface area contributed by atoms with Crippen LogP contribution >= 0.6 is 34.2 Å². The zero-order chi connectivity index (χ0) is 8.72. The number of hydrogen-bond donors (Lipinski definition) is 1. The highest BCUT2D eigenvalue weighted by Crippen LogP contribution is 2.24. The summed E-state index contributed by atoms with van der Waals surface area (Å²) in [5.41, 5.74) is 2.01. The van der Waals surface area contributed by atoms with E-state index in [4.69, 9.17) is 11.6 Å². The van der Waals surface area contributed by atoms with Gasteiger partial charge in [-0.05, 0) is 47.2 Å². The fourth-order valence-electron chi connectivity index (χ4n) is 1.11. The van der Waals surface area contributed by atoms with Gasteiger partial charge in [-0.25, -0.2) is 0 Å². The van der Waals surface area contributed by atoms with Gasteiger partial charge < -0.3 is 0 Å². The van der Waals surface area contributed by atoms with Crippen molar-refractivity contribution in [3.8, 4) is 0 Å². The van der Waals surface area contributed by atoms with Crippen LogP contribution in [0, 0.1) is 10.6 Å². The van der Waals surface area contributed by atoms with E-state index in [1.807, 2.05) is 19.1 Å². The average Bonchev–Trinajstić information content (AvgIpc) is 2.35. The number of H-pyrrole nitrogens is 1. The molecule has 0 radical (unpaired) electrons. The van der Waals surface area contributed by atoms with Crippen LogP contribution in [0.4, 0.5) is 0 Å². The molecule has 0 spiro atoms. The van der Waals surface area contributed by atoms with E-state index in [0.717, 1.165) is 25.2 Å². The zero-order valence-corrected chi connectivity index (χ0v) is 9.27. The standard InChI is InChI=1S/C8H6ClIN2/c1-4-2-5-7(3-6(4)9)11-12-8(5)10/h2-3H,1H3,(H,11,12). The Kier molecular flexibility index (Phi) is 2.00. The van der Waals surface area contributed by atoms with Crippen molar-refractivity contribution in [2.75, 3.05) is 0 Å². The topological polar surface area (TPSA) is 28.7 Å². The minimum Gasteiger partial charge on any atom is -0.271 e. The molecule has 4 heteroatoms. The highest BCUT2D eigenvalue weighted by atomic mass is 127. The van der Waals surface area contributed by atoms with Crippen molar-refractivity contribution >= 4 is 45.1 Å². The predicted molar refractivity (Wildman–Crippen MR) is 58.6 cm³/mol. The largest absolute Gasteiger partial charge is 0.271 e. The molecule has 0 unspecified atom stereocenters. The van der Waals surface area contributed by atoms with Gasteiger partial charge in [-0.3, -0.25) is 5.10 Å². The highest BCUT2D eigenvalue weighted by Gasteiger charge is 2.04. The maximum absolute atomic E-state index is 5.94. The molecule has 0 aliphatic carbocycles. The van der Waals surface area contributed by atoms with Crippen molar-refractivity contribution in [3.05, 3.63) is 26.4 Å². The Balaban J connectivity index is 2.87. The van der Waals surface area contributed by atoms with E-state index < -0.39 is 0 Å². The number of aryl methyl sites for hydroxylation is 1. The van der Waals surface area contributed by atoms with Crippen molar-refractivity contribution in [2.24, 2.45) is 0 Å². The molecule has 2 nitrogen and oxygen atoms in total. The first-order valence-corrected chi connectivity index (χ1v) is 4.94. The van der Waals surface area contributed by atoms with Gasteiger partial charge in [-0.15, -0.1) is 0 Å². The molecule has 1 heterocycles. The molecule has 0 bridgehead atoms. The van der Waals surface area contributed by atoms with Crippen LogP contribution in [0.1, 0.15) is 5.56 Å². The number of rotatable bonds is 0. The van der Waals surface area contributed by atoms with Gasteiger partial charge in [0.25, 0.3) is 0 Å². The number of benzene rings is 1. The monoisotopic (exact) mass is 292 g/mol. The van der Waals surface area contributed by atoms with Gasteiger partial charge in [0.1, 0.15) is 3.70 Å². The van der Waals surface area contributed by atoms with Gasteiger partial charge in [-0.2, -0.15) is 5.10 Å². The van der Waals surface area contributed by atoms with Gasteiger partial charge in [0.05, 0.1) is 5.52 Å². The molecule has 1 N–H and O–H groups in total. The van der Waals surface area contributed by atoms with Gasteiger partial charge in [0.15, 0.2) is 0 Å². The average molecular weight is 293 g/mol. The molecule has 0 saturated heterocycles. The second-order valence-corrected chi connectivity index (χ2v) is 4.14. The van der Waals surface area contributed by atoms with Crippen molar-refractivity contribution in [3.63, 3.8) is 0 Å². The van der Waals surface area contributed by atoms with Crippen LogP contribution in [0.15, 0.2) is 12.1 Å². The second-order valence-electron chi connectivity index (χ2n) is 2.66. The molecule has 0 atom stereocenters. The van der Waals surface area contributed by atoms with Crippen LogP contribution < -0.4 is 0 Å². The Morgan fingerprint density at radius 2 is 2.25 bits per heavy atom. The minimum atomic E-state index is 0.769. The molecule has 1 aromatic carbocycles. The first kappa shape index (κ1) is 8.31. The zero-order valence-electron chi connectivity index (χ0n) is 6.36. The van der Waals surface area contributed by atoms with Gasteiger partial charge >= 0.3 is 0 Å². The summed E-state index contributed by atoms with van der Waals surface area (Å²) in [4.78, 5) is 0. The first-order chi connectivity index (χ1) is 5.68. The lowest BCUT2D eigenvalue weighted by Gasteiger charge is -1.95. The van der Waals surface area contributed by atoms with E-state index in [2.05, 4.69) is 32.8 Å². The normalized spacial score (nSPS) is 10.9. The van der Waals surface area contributed by atoms with Crippen LogP contribution in [-0.4, -0.2) is 10.2 Å². The van der Waals surface area contributed by atoms with Crippen molar-refractivity contribution in [2.45, 2.75) is 6.92 Å². The van der Waals surface area contributed by atoms with Crippen LogP contribution in [0.5, 0.6) is 0 Å². The molecule has 1 aromatic heterocycles. The van der Waals surface area contributed by atoms with Crippen LogP contribution in [0.3, 0.4) is 0 Å². The molecule has 0 aliphatic rings. The number of fused-ring (bicyclic) bond motifs is 1. The molecule has 62 valence electrons. The fourth-order valence-corrected chi connectivity index (χ4v) is 1.82. The lowest BCUT2D eigenvalue weighted by Crippen LogP contribution is -1.75. The Morgan fingerprint density at radius 3 is 3.00 bits per heavy atom. The molecule has 0 aliphatic heterocycles. The number of nitrogens with zero attached hydrogens (tertiary/aromatic N) is 1. The second kappa shape index (κ2) is 2.88. The number of nitrogens with one attached hydrogen (secondary N) is 1.